The van der Waals surface area contributed by atoms with Crippen molar-refractivity contribution in [2.24, 2.45) is 10.8 Å². The van der Waals surface area contributed by atoms with Gasteiger partial charge in [-0.3, -0.25) is 4.79 Å². The molecule has 0 aromatic rings. The van der Waals surface area contributed by atoms with E-state index in [0.717, 1.165) is 0 Å². The van der Waals surface area contributed by atoms with E-state index in [-0.39, 0.29) is 22.9 Å². The summed E-state index contributed by atoms with van der Waals surface area (Å²) in [4.78, 5) is 12.9. The molecule has 0 saturated carbocycles. The van der Waals surface area contributed by atoms with Gasteiger partial charge >= 0.3 is 6.41 Å². The van der Waals surface area contributed by atoms with E-state index in [2.05, 4.69) is 61.8 Å². The molecule has 1 radical (unpaired) electrons. The van der Waals surface area contributed by atoms with Gasteiger partial charge < -0.3 is 4.90 Å². The number of rotatable bonds is 3. The first kappa shape index (κ1) is 14.5. The minimum atomic E-state index is 0.0942. The van der Waals surface area contributed by atoms with Crippen LogP contribution in [0.25, 0.3) is 0 Å². The van der Waals surface area contributed by atoms with Crippen LogP contribution in [0.4, 0.5) is 0 Å². The Hall–Kier alpha value is -0.530. The minimum Gasteiger partial charge on any atom is -0.328 e. The Labute approximate surface area is 95.0 Å². The van der Waals surface area contributed by atoms with Gasteiger partial charge in [0.1, 0.15) is 0 Å². The van der Waals surface area contributed by atoms with Gasteiger partial charge in [-0.15, -0.1) is 0 Å². The highest BCUT2D eigenvalue weighted by molar-refractivity contribution is 5.49. The SMILES string of the molecule is CC(N([C]=O)C(C)C(C)(C)C)C(C)(C)C. The Balaban J connectivity index is 4.86. The second-order valence-electron chi connectivity index (χ2n) is 6.58. The molecule has 0 spiro atoms. The summed E-state index contributed by atoms with van der Waals surface area (Å²) in [6.07, 6.45) is 2.10. The predicted octanol–water partition coefficient (Wildman–Crippen LogP) is 3.22. The lowest BCUT2D eigenvalue weighted by atomic mass is 9.82. The van der Waals surface area contributed by atoms with Crippen LogP contribution in [0.1, 0.15) is 55.4 Å². The predicted molar refractivity (Wildman–Crippen MR) is 65.4 cm³/mol. The highest BCUT2D eigenvalue weighted by Gasteiger charge is 2.34. The van der Waals surface area contributed by atoms with Gasteiger partial charge in [-0.2, -0.15) is 0 Å². The highest BCUT2D eigenvalue weighted by Crippen LogP contribution is 2.30. The van der Waals surface area contributed by atoms with E-state index >= 15 is 0 Å². The van der Waals surface area contributed by atoms with E-state index in [1.807, 2.05) is 4.90 Å². The van der Waals surface area contributed by atoms with Crippen LogP contribution in [0.2, 0.25) is 0 Å². The van der Waals surface area contributed by atoms with Gasteiger partial charge in [0, 0.05) is 12.1 Å². The fourth-order valence-electron chi connectivity index (χ4n) is 1.33. The van der Waals surface area contributed by atoms with Gasteiger partial charge in [0.25, 0.3) is 0 Å². The van der Waals surface area contributed by atoms with E-state index in [4.69, 9.17) is 0 Å². The highest BCUT2D eigenvalue weighted by atomic mass is 16.1. The number of nitrogens with zero attached hydrogens (tertiary/aromatic N) is 1. The molecular weight excluding hydrogens is 186 g/mol. The summed E-state index contributed by atoms with van der Waals surface area (Å²) >= 11 is 0. The monoisotopic (exact) mass is 212 g/mol. The fourth-order valence-corrected chi connectivity index (χ4v) is 1.33. The zero-order valence-electron chi connectivity index (χ0n) is 11.5. The summed E-state index contributed by atoms with van der Waals surface area (Å²) in [5.41, 5.74) is 0.188. The van der Waals surface area contributed by atoms with Crippen LogP contribution in [0.5, 0.6) is 0 Å². The number of amides is 1. The summed E-state index contributed by atoms with van der Waals surface area (Å²) in [5, 5.41) is 0. The fraction of sp³-hybridized carbons (Fsp3) is 0.923. The molecule has 0 N–H and O–H groups in total. The van der Waals surface area contributed by atoms with Gasteiger partial charge in [0.05, 0.1) is 0 Å². The molecule has 0 aromatic heterocycles. The van der Waals surface area contributed by atoms with Crippen molar-refractivity contribution in [3.63, 3.8) is 0 Å². The summed E-state index contributed by atoms with van der Waals surface area (Å²) < 4.78 is 0. The van der Waals surface area contributed by atoms with E-state index in [9.17, 15) is 4.79 Å². The molecule has 0 aromatic carbocycles. The molecule has 0 rings (SSSR count). The molecule has 0 saturated heterocycles. The maximum Gasteiger partial charge on any atom is 0.312 e. The maximum absolute atomic E-state index is 11.1. The largest absolute Gasteiger partial charge is 0.328 e. The summed E-state index contributed by atoms with van der Waals surface area (Å²) in [5.74, 6) is 0. The van der Waals surface area contributed by atoms with Crippen molar-refractivity contribution >= 4 is 6.41 Å². The van der Waals surface area contributed by atoms with Crippen molar-refractivity contribution in [2.45, 2.75) is 67.5 Å². The van der Waals surface area contributed by atoms with Gasteiger partial charge in [0.2, 0.25) is 0 Å². The van der Waals surface area contributed by atoms with Crippen molar-refractivity contribution in [3.05, 3.63) is 0 Å². The molecule has 0 aliphatic heterocycles. The summed E-state index contributed by atoms with van der Waals surface area (Å²) in [6, 6.07) is 0.397. The molecule has 0 heterocycles. The van der Waals surface area contributed by atoms with Gasteiger partial charge in [-0.25, -0.2) is 0 Å². The van der Waals surface area contributed by atoms with Gasteiger partial charge in [-0.05, 0) is 24.7 Å². The molecule has 0 bridgehead atoms. The Kier molecular flexibility index (Phi) is 4.38. The van der Waals surface area contributed by atoms with Crippen LogP contribution >= 0.6 is 0 Å². The van der Waals surface area contributed by atoms with E-state index in [0.29, 0.717) is 0 Å². The van der Waals surface area contributed by atoms with Crippen molar-refractivity contribution in [1.29, 1.82) is 0 Å². The molecule has 2 heteroatoms. The first-order valence-corrected chi connectivity index (χ1v) is 5.68. The third kappa shape index (κ3) is 3.84. The van der Waals surface area contributed by atoms with Crippen LogP contribution < -0.4 is 0 Å². The first-order chi connectivity index (χ1) is 6.51. The number of hydrogen-bond acceptors (Lipinski definition) is 1. The molecule has 15 heavy (non-hydrogen) atoms. The quantitative estimate of drug-likeness (QED) is 0.658. The maximum atomic E-state index is 11.1. The lowest BCUT2D eigenvalue weighted by Crippen LogP contribution is -2.50. The third-order valence-corrected chi connectivity index (χ3v) is 3.45. The van der Waals surface area contributed by atoms with E-state index < -0.39 is 0 Å². The van der Waals surface area contributed by atoms with Crippen molar-refractivity contribution < 1.29 is 4.79 Å². The lowest BCUT2D eigenvalue weighted by molar-refractivity contribution is 0.0876. The molecule has 2 atom stereocenters. The zero-order valence-corrected chi connectivity index (χ0v) is 11.5. The average molecular weight is 212 g/mol. The van der Waals surface area contributed by atoms with Crippen LogP contribution in [0.15, 0.2) is 0 Å². The second kappa shape index (κ2) is 4.54. The minimum absolute atomic E-state index is 0.0942. The van der Waals surface area contributed by atoms with E-state index in [1.54, 1.807) is 0 Å². The van der Waals surface area contributed by atoms with Crippen molar-refractivity contribution in [2.75, 3.05) is 0 Å². The molecule has 0 fully saturated rings. The number of hydrogen-bond donors (Lipinski definition) is 0. The normalized spacial score (nSPS) is 17.1. The first-order valence-electron chi connectivity index (χ1n) is 5.68. The Bertz CT molecular complexity index is 190. The van der Waals surface area contributed by atoms with E-state index in [1.165, 1.54) is 0 Å². The Morgan fingerprint density at radius 3 is 1.27 bits per heavy atom. The average Bonchev–Trinajstić information content (AvgIpc) is 2.01. The number of carbonyl (C=O) groups excluding carboxylic acids is 1. The molecule has 0 aliphatic rings. The van der Waals surface area contributed by atoms with Crippen LogP contribution in [-0.4, -0.2) is 23.4 Å². The molecule has 2 nitrogen and oxygen atoms in total. The zero-order chi connectivity index (χ0) is 12.4. The van der Waals surface area contributed by atoms with Crippen LogP contribution in [0, 0.1) is 10.8 Å². The molecule has 1 amide bonds. The second-order valence-corrected chi connectivity index (χ2v) is 6.58. The van der Waals surface area contributed by atoms with Crippen LogP contribution in [-0.2, 0) is 4.79 Å². The molecular formula is C13H26NO. The molecule has 89 valence electrons. The standard InChI is InChI=1S/C13H26NO/c1-10(12(3,4)5)14(9-15)11(2)13(6,7)8/h10-11H,1-8H3. The Morgan fingerprint density at radius 1 is 0.867 bits per heavy atom. The Morgan fingerprint density at radius 2 is 1.13 bits per heavy atom. The smallest absolute Gasteiger partial charge is 0.312 e. The third-order valence-electron chi connectivity index (χ3n) is 3.45. The lowest BCUT2D eigenvalue weighted by Gasteiger charge is -2.43. The molecule has 0 aliphatic carbocycles. The summed E-state index contributed by atoms with van der Waals surface area (Å²) in [6.45, 7) is 17.1. The summed E-state index contributed by atoms with van der Waals surface area (Å²) in [7, 11) is 0. The van der Waals surface area contributed by atoms with Crippen LogP contribution in [0.3, 0.4) is 0 Å². The molecule has 2 unspecified atom stereocenters. The van der Waals surface area contributed by atoms with Gasteiger partial charge in [0.15, 0.2) is 0 Å². The topological polar surface area (TPSA) is 20.3 Å². The van der Waals surface area contributed by atoms with Gasteiger partial charge in [-0.1, -0.05) is 41.5 Å². The van der Waals surface area contributed by atoms with Crippen molar-refractivity contribution in [1.82, 2.24) is 4.90 Å². The van der Waals surface area contributed by atoms with Crippen molar-refractivity contribution in [3.8, 4) is 0 Å².